The highest BCUT2D eigenvalue weighted by Gasteiger charge is 2.19. The summed E-state index contributed by atoms with van der Waals surface area (Å²) in [6.45, 7) is 1.53. The van der Waals surface area contributed by atoms with Gasteiger partial charge in [-0.05, 0) is 25.1 Å². The minimum atomic E-state index is -0.0414. The molecule has 2 aromatic heterocycles. The van der Waals surface area contributed by atoms with Gasteiger partial charge in [0.1, 0.15) is 0 Å². The maximum Gasteiger partial charge on any atom is 0.184 e. The number of ketones is 2. The van der Waals surface area contributed by atoms with Gasteiger partial charge in [0.2, 0.25) is 0 Å². The maximum atomic E-state index is 12.7. The number of rotatable bonds is 4. The number of benzene rings is 2. The molecule has 0 radical (unpaired) electrons. The van der Waals surface area contributed by atoms with Crippen LogP contribution in [0, 0.1) is 0 Å². The minimum Gasteiger partial charge on any atom is -0.357 e. The van der Waals surface area contributed by atoms with Crippen molar-refractivity contribution in [2.75, 3.05) is 0 Å². The summed E-state index contributed by atoms with van der Waals surface area (Å²) in [7, 11) is 0. The fourth-order valence-electron chi connectivity index (χ4n) is 3.21. The average molecular weight is 316 g/mol. The molecule has 0 fully saturated rings. The monoisotopic (exact) mass is 316 g/mol. The molecule has 118 valence electrons. The van der Waals surface area contributed by atoms with Gasteiger partial charge >= 0.3 is 0 Å². The number of fused-ring (bicyclic) bond motifs is 2. The van der Waals surface area contributed by atoms with Crippen molar-refractivity contribution in [3.05, 3.63) is 71.5 Å². The van der Waals surface area contributed by atoms with Crippen molar-refractivity contribution in [3.63, 3.8) is 0 Å². The number of aromatic nitrogens is 2. The van der Waals surface area contributed by atoms with E-state index in [0.29, 0.717) is 17.0 Å². The number of Topliss-reactive ketones (excluding diaryl/α,β-unsaturated/α-hetero) is 2. The number of nitrogens with one attached hydrogen (secondary N) is 2. The van der Waals surface area contributed by atoms with E-state index in [1.54, 1.807) is 0 Å². The van der Waals surface area contributed by atoms with Crippen LogP contribution in [0.4, 0.5) is 0 Å². The van der Waals surface area contributed by atoms with E-state index < -0.39 is 0 Å². The predicted molar refractivity (Wildman–Crippen MR) is 94.6 cm³/mol. The number of carbonyl (C=O) groups excluding carboxylic acids is 2. The van der Waals surface area contributed by atoms with E-state index >= 15 is 0 Å². The molecule has 0 atom stereocenters. The summed E-state index contributed by atoms with van der Waals surface area (Å²) in [6, 6.07) is 17.3. The summed E-state index contributed by atoms with van der Waals surface area (Å²) in [5, 5.41) is 1.87. The quantitative estimate of drug-likeness (QED) is 0.552. The predicted octanol–water partition coefficient (Wildman–Crippen LogP) is 4.28. The topological polar surface area (TPSA) is 65.7 Å². The molecule has 2 heterocycles. The lowest BCUT2D eigenvalue weighted by atomic mass is 10.0. The van der Waals surface area contributed by atoms with Crippen LogP contribution in [0.2, 0.25) is 0 Å². The first-order valence-corrected chi connectivity index (χ1v) is 7.85. The van der Waals surface area contributed by atoms with Crippen molar-refractivity contribution >= 4 is 33.4 Å². The Morgan fingerprint density at radius 2 is 1.62 bits per heavy atom. The molecule has 0 aliphatic rings. The van der Waals surface area contributed by atoms with Gasteiger partial charge in [0, 0.05) is 33.1 Å². The Bertz CT molecular complexity index is 1050. The van der Waals surface area contributed by atoms with Crippen molar-refractivity contribution < 1.29 is 9.59 Å². The van der Waals surface area contributed by atoms with E-state index in [2.05, 4.69) is 9.97 Å². The molecule has 0 aliphatic heterocycles. The van der Waals surface area contributed by atoms with Crippen molar-refractivity contribution in [2.24, 2.45) is 0 Å². The molecule has 4 rings (SSSR count). The lowest BCUT2D eigenvalue weighted by Gasteiger charge is -2.00. The zero-order valence-electron chi connectivity index (χ0n) is 13.2. The number of carbonyl (C=O) groups is 2. The summed E-state index contributed by atoms with van der Waals surface area (Å²) in [4.78, 5) is 31.1. The Kier molecular flexibility index (Phi) is 3.31. The van der Waals surface area contributed by atoms with Crippen molar-refractivity contribution in [1.82, 2.24) is 9.97 Å². The molecule has 0 saturated heterocycles. The second-order valence-corrected chi connectivity index (χ2v) is 5.95. The molecule has 0 spiro atoms. The molecule has 0 aliphatic carbocycles. The van der Waals surface area contributed by atoms with Crippen LogP contribution in [0.25, 0.3) is 21.8 Å². The van der Waals surface area contributed by atoms with Gasteiger partial charge in [-0.1, -0.05) is 36.4 Å². The summed E-state index contributed by atoms with van der Waals surface area (Å²) in [5.41, 5.74) is 3.65. The Balaban J connectivity index is 1.74. The van der Waals surface area contributed by atoms with Gasteiger partial charge < -0.3 is 9.97 Å². The van der Waals surface area contributed by atoms with Crippen LogP contribution in [0.15, 0.2) is 54.6 Å². The molecule has 0 amide bonds. The molecule has 4 nitrogen and oxygen atoms in total. The molecule has 0 bridgehead atoms. The van der Waals surface area contributed by atoms with E-state index in [1.165, 1.54) is 6.92 Å². The van der Waals surface area contributed by atoms with Crippen LogP contribution < -0.4 is 0 Å². The van der Waals surface area contributed by atoms with Gasteiger partial charge in [0.05, 0.1) is 12.1 Å². The minimum absolute atomic E-state index is 0.0353. The summed E-state index contributed by atoms with van der Waals surface area (Å²) >= 11 is 0. The van der Waals surface area contributed by atoms with Crippen molar-refractivity contribution in [1.29, 1.82) is 0 Å². The molecule has 2 aromatic carbocycles. The van der Waals surface area contributed by atoms with Crippen LogP contribution in [0.1, 0.15) is 33.5 Å². The highest BCUT2D eigenvalue weighted by molar-refractivity contribution is 6.10. The SMILES string of the molecule is CC(=O)c1c(CC(=O)c2cc3ccccc3[nH]2)[nH]c2ccccc12. The highest BCUT2D eigenvalue weighted by Crippen LogP contribution is 2.24. The summed E-state index contributed by atoms with van der Waals surface area (Å²) in [6.07, 6.45) is 0.163. The number of aromatic amines is 2. The van der Waals surface area contributed by atoms with E-state index in [0.717, 1.165) is 21.8 Å². The summed E-state index contributed by atoms with van der Waals surface area (Å²) < 4.78 is 0. The fraction of sp³-hybridized carbons (Fsp3) is 0.100. The largest absolute Gasteiger partial charge is 0.357 e. The van der Waals surface area contributed by atoms with Crippen molar-refractivity contribution in [3.8, 4) is 0 Å². The number of hydrogen-bond donors (Lipinski definition) is 2. The van der Waals surface area contributed by atoms with Crippen LogP contribution in [-0.2, 0) is 6.42 Å². The third kappa shape index (κ3) is 2.33. The fourth-order valence-corrected chi connectivity index (χ4v) is 3.21. The van der Waals surface area contributed by atoms with Gasteiger partial charge in [-0.3, -0.25) is 9.59 Å². The van der Waals surface area contributed by atoms with Crippen LogP contribution >= 0.6 is 0 Å². The Labute approximate surface area is 138 Å². The molecular weight excluding hydrogens is 300 g/mol. The van der Waals surface area contributed by atoms with Gasteiger partial charge in [0.25, 0.3) is 0 Å². The Morgan fingerprint density at radius 3 is 2.38 bits per heavy atom. The van der Waals surface area contributed by atoms with Gasteiger partial charge in [-0.15, -0.1) is 0 Å². The van der Waals surface area contributed by atoms with E-state index in [9.17, 15) is 9.59 Å². The second-order valence-electron chi connectivity index (χ2n) is 5.95. The first-order valence-electron chi connectivity index (χ1n) is 7.85. The Hall–Kier alpha value is -3.14. The highest BCUT2D eigenvalue weighted by atomic mass is 16.1. The lowest BCUT2D eigenvalue weighted by molar-refractivity contribution is 0.0987. The van der Waals surface area contributed by atoms with Crippen LogP contribution in [0.5, 0.6) is 0 Å². The third-order valence-corrected chi connectivity index (χ3v) is 4.30. The third-order valence-electron chi connectivity index (χ3n) is 4.30. The van der Waals surface area contributed by atoms with Gasteiger partial charge in [0.15, 0.2) is 11.6 Å². The molecule has 24 heavy (non-hydrogen) atoms. The van der Waals surface area contributed by atoms with Gasteiger partial charge in [-0.2, -0.15) is 0 Å². The second kappa shape index (κ2) is 5.49. The molecule has 2 N–H and O–H groups in total. The molecule has 4 aromatic rings. The zero-order valence-corrected chi connectivity index (χ0v) is 13.2. The maximum absolute atomic E-state index is 12.7. The smallest absolute Gasteiger partial charge is 0.184 e. The standard InChI is InChI=1S/C20H16N2O2/c1-12(23)20-14-7-3-5-9-16(14)22-18(20)11-19(24)17-10-13-6-2-4-8-15(13)21-17/h2-10,21-22H,11H2,1H3. The Morgan fingerprint density at radius 1 is 0.917 bits per heavy atom. The molecule has 0 unspecified atom stereocenters. The van der Waals surface area contributed by atoms with E-state index in [-0.39, 0.29) is 18.0 Å². The van der Waals surface area contributed by atoms with Crippen LogP contribution in [0.3, 0.4) is 0 Å². The van der Waals surface area contributed by atoms with E-state index in [4.69, 9.17) is 0 Å². The molecule has 0 saturated carbocycles. The summed E-state index contributed by atoms with van der Waals surface area (Å²) in [5.74, 6) is -0.0767. The zero-order chi connectivity index (χ0) is 16.7. The molecule has 4 heteroatoms. The first-order chi connectivity index (χ1) is 11.6. The first kappa shape index (κ1) is 14.5. The number of hydrogen-bond acceptors (Lipinski definition) is 2. The van der Waals surface area contributed by atoms with E-state index in [1.807, 2.05) is 54.6 Å². The number of para-hydroxylation sites is 2. The number of H-pyrrole nitrogens is 2. The lowest BCUT2D eigenvalue weighted by Crippen LogP contribution is -2.07. The normalized spacial score (nSPS) is 11.2. The average Bonchev–Trinajstić information content (AvgIpc) is 3.15. The van der Waals surface area contributed by atoms with Crippen LogP contribution in [-0.4, -0.2) is 21.5 Å². The molecular formula is C20H16N2O2. The van der Waals surface area contributed by atoms with Crippen molar-refractivity contribution in [2.45, 2.75) is 13.3 Å². The van der Waals surface area contributed by atoms with Gasteiger partial charge in [-0.25, -0.2) is 0 Å².